The van der Waals surface area contributed by atoms with Gasteiger partial charge < -0.3 is 10.1 Å². The molecule has 0 bridgehead atoms. The maximum Gasteiger partial charge on any atom is 0.265 e. The van der Waals surface area contributed by atoms with E-state index < -0.39 is 0 Å². The highest BCUT2D eigenvalue weighted by atomic mass is 35.5. The minimum atomic E-state index is 0.377. The van der Waals surface area contributed by atoms with E-state index in [-0.39, 0.29) is 0 Å². The summed E-state index contributed by atoms with van der Waals surface area (Å²) in [6, 6.07) is 5.03. The van der Waals surface area contributed by atoms with E-state index in [1.165, 1.54) is 0 Å². The van der Waals surface area contributed by atoms with Crippen LogP contribution in [0.1, 0.15) is 6.92 Å². The predicted molar refractivity (Wildman–Crippen MR) is 83.7 cm³/mol. The van der Waals surface area contributed by atoms with Crippen molar-refractivity contribution in [3.63, 3.8) is 0 Å². The molecule has 1 aromatic carbocycles. The van der Waals surface area contributed by atoms with Gasteiger partial charge in [-0.1, -0.05) is 23.2 Å². The fraction of sp³-hybridized carbons (Fsp3) is 0.143. The molecule has 3 rings (SSSR count). The zero-order chi connectivity index (χ0) is 14.8. The molecule has 0 radical (unpaired) electrons. The first-order chi connectivity index (χ1) is 10.2. The molecule has 0 aliphatic heterocycles. The Labute approximate surface area is 131 Å². The Kier molecular flexibility index (Phi) is 3.86. The highest BCUT2D eigenvalue weighted by Gasteiger charge is 2.12. The summed E-state index contributed by atoms with van der Waals surface area (Å²) >= 11 is 12.0. The van der Waals surface area contributed by atoms with E-state index in [0.717, 1.165) is 6.54 Å². The number of anilines is 1. The standard InChI is InChI=1S/C14H12Cl2N4O/c1-2-17-12-8-20-6-5-18-13(20)14(19-12)21-11-4-3-9(15)7-10(11)16/h3-8,17H,2H2,1H3. The van der Waals surface area contributed by atoms with Crippen LogP contribution in [-0.2, 0) is 0 Å². The first-order valence-electron chi connectivity index (χ1n) is 6.38. The second kappa shape index (κ2) is 5.79. The molecule has 0 unspecified atom stereocenters. The number of ether oxygens (including phenoxy) is 1. The highest BCUT2D eigenvalue weighted by Crippen LogP contribution is 2.32. The van der Waals surface area contributed by atoms with Crippen molar-refractivity contribution in [2.24, 2.45) is 0 Å². The maximum atomic E-state index is 6.13. The average molecular weight is 323 g/mol. The highest BCUT2D eigenvalue weighted by molar-refractivity contribution is 6.35. The van der Waals surface area contributed by atoms with Crippen molar-refractivity contribution in [1.82, 2.24) is 14.4 Å². The van der Waals surface area contributed by atoms with Crippen LogP contribution in [0, 0.1) is 0 Å². The number of imidazole rings is 1. The molecule has 0 spiro atoms. The molecular formula is C14H12Cl2N4O. The van der Waals surface area contributed by atoms with E-state index in [1.54, 1.807) is 24.4 Å². The zero-order valence-electron chi connectivity index (χ0n) is 11.2. The fourth-order valence-electron chi connectivity index (χ4n) is 1.90. The summed E-state index contributed by atoms with van der Waals surface area (Å²) in [5.74, 6) is 1.55. The van der Waals surface area contributed by atoms with Crippen LogP contribution in [0.2, 0.25) is 10.0 Å². The van der Waals surface area contributed by atoms with Gasteiger partial charge in [0.25, 0.3) is 5.88 Å². The predicted octanol–water partition coefficient (Wildman–Crippen LogP) is 4.26. The molecule has 0 saturated carbocycles. The zero-order valence-corrected chi connectivity index (χ0v) is 12.7. The van der Waals surface area contributed by atoms with Crippen LogP contribution in [0.15, 0.2) is 36.8 Å². The van der Waals surface area contributed by atoms with Crippen LogP contribution in [0.25, 0.3) is 5.65 Å². The van der Waals surface area contributed by atoms with Gasteiger partial charge in [-0.05, 0) is 25.1 Å². The van der Waals surface area contributed by atoms with Crippen LogP contribution in [-0.4, -0.2) is 20.9 Å². The van der Waals surface area contributed by atoms with Gasteiger partial charge in [-0.2, -0.15) is 4.98 Å². The monoisotopic (exact) mass is 322 g/mol. The number of hydrogen-bond donors (Lipinski definition) is 1. The van der Waals surface area contributed by atoms with Gasteiger partial charge in [0.15, 0.2) is 0 Å². The van der Waals surface area contributed by atoms with Crippen LogP contribution >= 0.6 is 23.2 Å². The summed E-state index contributed by atoms with van der Waals surface area (Å²) in [6.07, 6.45) is 5.36. The molecule has 0 saturated heterocycles. The molecule has 3 aromatic rings. The van der Waals surface area contributed by atoms with Crippen molar-refractivity contribution in [3.8, 4) is 11.6 Å². The minimum absolute atomic E-state index is 0.377. The molecule has 1 N–H and O–H groups in total. The minimum Gasteiger partial charge on any atom is -0.434 e. The van der Waals surface area contributed by atoms with Crippen LogP contribution in [0.5, 0.6) is 11.6 Å². The van der Waals surface area contributed by atoms with Crippen molar-refractivity contribution in [2.45, 2.75) is 6.92 Å². The van der Waals surface area contributed by atoms with Crippen molar-refractivity contribution in [1.29, 1.82) is 0 Å². The molecule has 21 heavy (non-hydrogen) atoms. The molecule has 0 aliphatic rings. The third kappa shape index (κ3) is 2.89. The molecule has 2 heterocycles. The van der Waals surface area contributed by atoms with E-state index in [9.17, 15) is 0 Å². The summed E-state index contributed by atoms with van der Waals surface area (Å²) in [4.78, 5) is 8.66. The number of hydrogen-bond acceptors (Lipinski definition) is 4. The third-order valence-electron chi connectivity index (χ3n) is 2.80. The van der Waals surface area contributed by atoms with E-state index in [0.29, 0.717) is 33.1 Å². The molecule has 108 valence electrons. The largest absolute Gasteiger partial charge is 0.434 e. The van der Waals surface area contributed by atoms with Gasteiger partial charge in [0.1, 0.15) is 11.6 Å². The molecule has 0 atom stereocenters. The lowest BCUT2D eigenvalue weighted by Gasteiger charge is -2.10. The maximum absolute atomic E-state index is 6.13. The second-order valence-corrected chi connectivity index (χ2v) is 5.14. The lowest BCUT2D eigenvalue weighted by Crippen LogP contribution is -2.03. The average Bonchev–Trinajstić information content (AvgIpc) is 2.91. The second-order valence-electron chi connectivity index (χ2n) is 4.30. The SMILES string of the molecule is CCNc1cn2ccnc2c(Oc2ccc(Cl)cc2Cl)n1. The summed E-state index contributed by atoms with van der Waals surface area (Å²) in [6.45, 7) is 2.75. The number of nitrogens with one attached hydrogen (secondary N) is 1. The summed E-state index contributed by atoms with van der Waals surface area (Å²) in [7, 11) is 0. The number of benzene rings is 1. The summed E-state index contributed by atoms with van der Waals surface area (Å²) in [5, 5.41) is 4.11. The summed E-state index contributed by atoms with van der Waals surface area (Å²) < 4.78 is 7.64. The van der Waals surface area contributed by atoms with Crippen molar-refractivity contribution >= 4 is 34.7 Å². The van der Waals surface area contributed by atoms with E-state index in [1.807, 2.05) is 23.7 Å². The Morgan fingerprint density at radius 1 is 1.33 bits per heavy atom. The van der Waals surface area contributed by atoms with Gasteiger partial charge in [-0.15, -0.1) is 0 Å². The molecule has 0 aliphatic carbocycles. The van der Waals surface area contributed by atoms with Crippen molar-refractivity contribution in [3.05, 3.63) is 46.8 Å². The van der Waals surface area contributed by atoms with Gasteiger partial charge in [-0.25, -0.2) is 4.98 Å². The lowest BCUT2D eigenvalue weighted by atomic mass is 10.3. The molecule has 0 fully saturated rings. The van der Waals surface area contributed by atoms with Crippen LogP contribution in [0.4, 0.5) is 5.82 Å². The van der Waals surface area contributed by atoms with Gasteiger partial charge in [0, 0.05) is 24.0 Å². The Morgan fingerprint density at radius 3 is 2.95 bits per heavy atom. The Morgan fingerprint density at radius 2 is 2.19 bits per heavy atom. The van der Waals surface area contributed by atoms with E-state index in [4.69, 9.17) is 27.9 Å². The molecular weight excluding hydrogens is 311 g/mol. The van der Waals surface area contributed by atoms with Crippen molar-refractivity contribution in [2.75, 3.05) is 11.9 Å². The Balaban J connectivity index is 2.04. The van der Waals surface area contributed by atoms with Gasteiger partial charge in [0.2, 0.25) is 5.65 Å². The third-order valence-corrected chi connectivity index (χ3v) is 3.33. The molecule has 5 nitrogen and oxygen atoms in total. The number of halogens is 2. The first-order valence-corrected chi connectivity index (χ1v) is 7.13. The molecule has 2 aromatic heterocycles. The number of fused-ring (bicyclic) bond motifs is 1. The van der Waals surface area contributed by atoms with Crippen molar-refractivity contribution < 1.29 is 4.74 Å². The van der Waals surface area contributed by atoms with E-state index in [2.05, 4.69) is 15.3 Å². The number of aromatic nitrogens is 3. The number of nitrogens with zero attached hydrogens (tertiary/aromatic N) is 3. The normalized spacial score (nSPS) is 10.8. The van der Waals surface area contributed by atoms with E-state index >= 15 is 0 Å². The fourth-order valence-corrected chi connectivity index (χ4v) is 2.35. The lowest BCUT2D eigenvalue weighted by molar-refractivity contribution is 0.466. The summed E-state index contributed by atoms with van der Waals surface area (Å²) in [5.41, 5.74) is 0.614. The van der Waals surface area contributed by atoms with Gasteiger partial charge in [-0.3, -0.25) is 4.40 Å². The Bertz CT molecular complexity index is 788. The Hall–Kier alpha value is -1.98. The first kappa shape index (κ1) is 14.0. The van der Waals surface area contributed by atoms with Gasteiger partial charge in [0.05, 0.1) is 11.2 Å². The number of rotatable bonds is 4. The molecule has 0 amide bonds. The molecule has 7 heteroatoms. The van der Waals surface area contributed by atoms with Crippen LogP contribution < -0.4 is 10.1 Å². The quantitative estimate of drug-likeness (QED) is 0.779. The smallest absolute Gasteiger partial charge is 0.265 e. The topological polar surface area (TPSA) is 51.5 Å². The van der Waals surface area contributed by atoms with Gasteiger partial charge >= 0.3 is 0 Å². The van der Waals surface area contributed by atoms with Crippen LogP contribution in [0.3, 0.4) is 0 Å².